The smallest absolute Gasteiger partial charge is 0.320 e. The maximum Gasteiger partial charge on any atom is 0.320 e. The summed E-state index contributed by atoms with van der Waals surface area (Å²) in [7, 11) is 0. The third-order valence-electron chi connectivity index (χ3n) is 3.18. The van der Waals surface area contributed by atoms with Crippen molar-refractivity contribution in [2.75, 3.05) is 26.4 Å². The summed E-state index contributed by atoms with van der Waals surface area (Å²) < 4.78 is 21.5. The third kappa shape index (κ3) is 6.05. The summed E-state index contributed by atoms with van der Waals surface area (Å²) in [6.07, 6.45) is -0.00316. The van der Waals surface area contributed by atoms with E-state index in [-0.39, 0.29) is 35.8 Å². The monoisotopic (exact) mass is 376 g/mol. The van der Waals surface area contributed by atoms with E-state index in [4.69, 9.17) is 18.9 Å². The van der Waals surface area contributed by atoms with Gasteiger partial charge in [-0.05, 0) is 27.7 Å². The maximum absolute atomic E-state index is 12.7. The maximum atomic E-state index is 12.7. The van der Waals surface area contributed by atoms with Crippen molar-refractivity contribution in [3.05, 3.63) is 23.5 Å². The van der Waals surface area contributed by atoms with Crippen molar-refractivity contribution in [2.24, 2.45) is 0 Å². The minimum absolute atomic E-state index is 0.00316. The normalized spacial score (nSPS) is 10.4. The van der Waals surface area contributed by atoms with Crippen LogP contribution in [0.15, 0.2) is 12.1 Å². The highest BCUT2D eigenvalue weighted by Crippen LogP contribution is 2.18. The molecule has 9 nitrogen and oxygen atoms in total. The van der Waals surface area contributed by atoms with Gasteiger partial charge in [0.25, 0.3) is 0 Å². The second kappa shape index (κ2) is 10.2. The van der Waals surface area contributed by atoms with Crippen LogP contribution in [-0.4, -0.2) is 52.1 Å². The van der Waals surface area contributed by atoms with Crippen LogP contribution in [0.2, 0.25) is 0 Å². The predicted octanol–water partition coefficient (Wildman–Crippen LogP) is 2.29. The van der Waals surface area contributed by atoms with Gasteiger partial charge >= 0.3 is 12.0 Å². The number of hydrogen-bond acceptors (Lipinski definition) is 9. The van der Waals surface area contributed by atoms with Gasteiger partial charge in [-0.2, -0.15) is 19.9 Å². The zero-order valence-corrected chi connectivity index (χ0v) is 16.0. The van der Waals surface area contributed by atoms with Crippen LogP contribution in [0.5, 0.6) is 23.8 Å². The molecule has 0 bridgehead atoms. The summed E-state index contributed by atoms with van der Waals surface area (Å²) in [4.78, 5) is 29.4. The van der Waals surface area contributed by atoms with Crippen molar-refractivity contribution in [1.82, 2.24) is 19.9 Å². The van der Waals surface area contributed by atoms with Crippen molar-refractivity contribution in [2.45, 2.75) is 34.1 Å². The van der Waals surface area contributed by atoms with Crippen LogP contribution in [0.3, 0.4) is 0 Å². The van der Waals surface area contributed by atoms with E-state index in [2.05, 4.69) is 19.9 Å². The van der Waals surface area contributed by atoms with Crippen LogP contribution < -0.4 is 18.9 Å². The Morgan fingerprint density at radius 2 is 1.26 bits per heavy atom. The second-order valence-corrected chi connectivity index (χ2v) is 5.19. The Kier molecular flexibility index (Phi) is 7.72. The van der Waals surface area contributed by atoms with E-state index in [1.165, 1.54) is 6.07 Å². The van der Waals surface area contributed by atoms with Gasteiger partial charge in [-0.15, -0.1) is 0 Å². The van der Waals surface area contributed by atoms with Crippen molar-refractivity contribution >= 4 is 5.78 Å². The fourth-order valence-electron chi connectivity index (χ4n) is 2.17. The van der Waals surface area contributed by atoms with Gasteiger partial charge in [0, 0.05) is 12.1 Å². The first-order valence-electron chi connectivity index (χ1n) is 8.90. The van der Waals surface area contributed by atoms with Crippen LogP contribution in [0, 0.1) is 0 Å². The molecule has 27 heavy (non-hydrogen) atoms. The number of rotatable bonds is 11. The summed E-state index contributed by atoms with van der Waals surface area (Å²) in [5.74, 6) is 0.376. The summed E-state index contributed by atoms with van der Waals surface area (Å²) in [6.45, 7) is 8.95. The first-order chi connectivity index (χ1) is 13.1. The molecule has 2 heterocycles. The molecule has 146 valence electrons. The molecule has 0 fully saturated rings. The van der Waals surface area contributed by atoms with Crippen LogP contribution >= 0.6 is 0 Å². The summed E-state index contributed by atoms with van der Waals surface area (Å²) in [5, 5.41) is 0. The number of Topliss-reactive ketones (excluding diaryl/α,β-unsaturated/α-hetero) is 1. The zero-order valence-electron chi connectivity index (χ0n) is 16.0. The van der Waals surface area contributed by atoms with E-state index in [0.29, 0.717) is 38.0 Å². The average Bonchev–Trinajstić information content (AvgIpc) is 2.62. The minimum atomic E-state index is -0.261. The van der Waals surface area contributed by atoms with Crippen LogP contribution in [0.1, 0.15) is 43.9 Å². The molecule has 2 rings (SSSR count). The number of carbonyl (C=O) groups excluding carboxylic acids is 1. The van der Waals surface area contributed by atoms with Gasteiger partial charge in [-0.1, -0.05) is 0 Å². The molecule has 0 aliphatic rings. The first kappa shape index (κ1) is 20.3. The van der Waals surface area contributed by atoms with Crippen LogP contribution in [0.4, 0.5) is 0 Å². The SMILES string of the molecule is CCOc1cc(CC(=O)c2cc(OCC)nc(OCC)n2)nc(OCC)n1. The van der Waals surface area contributed by atoms with Crippen LogP contribution in [-0.2, 0) is 6.42 Å². The summed E-state index contributed by atoms with van der Waals surface area (Å²) >= 11 is 0. The van der Waals surface area contributed by atoms with E-state index < -0.39 is 0 Å². The average molecular weight is 376 g/mol. The molecule has 0 radical (unpaired) electrons. The predicted molar refractivity (Wildman–Crippen MR) is 96.8 cm³/mol. The number of ketones is 1. The zero-order chi connectivity index (χ0) is 19.6. The molecule has 0 spiro atoms. The Balaban J connectivity index is 2.27. The fraction of sp³-hybridized carbons (Fsp3) is 0.500. The van der Waals surface area contributed by atoms with Crippen molar-refractivity contribution in [3.8, 4) is 23.8 Å². The number of nitrogens with zero attached hydrogens (tertiary/aromatic N) is 4. The highest BCUT2D eigenvalue weighted by atomic mass is 16.5. The Labute approximate surface area is 158 Å². The van der Waals surface area contributed by atoms with Gasteiger partial charge in [0.05, 0.1) is 38.5 Å². The molecule has 0 saturated carbocycles. The van der Waals surface area contributed by atoms with Gasteiger partial charge in [0.2, 0.25) is 11.8 Å². The van der Waals surface area contributed by atoms with Crippen molar-refractivity contribution in [3.63, 3.8) is 0 Å². The molecule has 0 aromatic carbocycles. The lowest BCUT2D eigenvalue weighted by molar-refractivity contribution is 0.0984. The topological polar surface area (TPSA) is 106 Å². The standard InChI is InChI=1S/C18H24N4O5/c1-5-24-15-10-12(19-17(21-15)26-7-3)9-14(23)13-11-16(25-6-2)22-18(20-13)27-8-4/h10-11H,5-9H2,1-4H3. The lowest BCUT2D eigenvalue weighted by Gasteiger charge is -2.09. The third-order valence-corrected chi connectivity index (χ3v) is 3.18. The van der Waals surface area contributed by atoms with E-state index in [1.54, 1.807) is 6.07 Å². The lowest BCUT2D eigenvalue weighted by Crippen LogP contribution is -2.12. The summed E-state index contributed by atoms with van der Waals surface area (Å²) in [6, 6.07) is 3.36. The molecular formula is C18H24N4O5. The Hall–Kier alpha value is -2.97. The van der Waals surface area contributed by atoms with Gasteiger partial charge in [0.1, 0.15) is 5.69 Å². The number of carbonyl (C=O) groups is 1. The van der Waals surface area contributed by atoms with Crippen molar-refractivity contribution < 1.29 is 23.7 Å². The summed E-state index contributed by atoms with van der Waals surface area (Å²) in [5.41, 5.74) is 0.655. The molecule has 0 atom stereocenters. The molecule has 2 aromatic rings. The van der Waals surface area contributed by atoms with Gasteiger partial charge in [-0.25, -0.2) is 0 Å². The Morgan fingerprint density at radius 1 is 0.741 bits per heavy atom. The molecule has 0 aliphatic heterocycles. The highest BCUT2D eigenvalue weighted by Gasteiger charge is 2.16. The molecule has 0 N–H and O–H groups in total. The van der Waals surface area contributed by atoms with Gasteiger partial charge < -0.3 is 18.9 Å². The molecule has 2 aromatic heterocycles. The highest BCUT2D eigenvalue weighted by molar-refractivity contribution is 5.95. The first-order valence-corrected chi connectivity index (χ1v) is 8.90. The number of ether oxygens (including phenoxy) is 4. The fourth-order valence-corrected chi connectivity index (χ4v) is 2.17. The molecule has 0 aliphatic carbocycles. The molecule has 9 heteroatoms. The molecule has 0 saturated heterocycles. The molecular weight excluding hydrogens is 352 g/mol. The van der Waals surface area contributed by atoms with E-state index >= 15 is 0 Å². The number of aromatic nitrogens is 4. The van der Waals surface area contributed by atoms with Crippen LogP contribution in [0.25, 0.3) is 0 Å². The Morgan fingerprint density at radius 3 is 1.81 bits per heavy atom. The quantitative estimate of drug-likeness (QED) is 0.546. The van der Waals surface area contributed by atoms with Crippen molar-refractivity contribution in [1.29, 1.82) is 0 Å². The minimum Gasteiger partial charge on any atom is -0.478 e. The number of hydrogen-bond donors (Lipinski definition) is 0. The second-order valence-electron chi connectivity index (χ2n) is 5.19. The molecule has 0 unspecified atom stereocenters. The lowest BCUT2D eigenvalue weighted by atomic mass is 10.1. The van der Waals surface area contributed by atoms with Gasteiger partial charge in [-0.3, -0.25) is 4.79 Å². The van der Waals surface area contributed by atoms with E-state index in [0.717, 1.165) is 0 Å². The van der Waals surface area contributed by atoms with E-state index in [9.17, 15) is 4.79 Å². The molecule has 0 amide bonds. The largest absolute Gasteiger partial charge is 0.478 e. The Bertz CT molecular complexity index is 721. The van der Waals surface area contributed by atoms with E-state index in [1.807, 2.05) is 27.7 Å². The van der Waals surface area contributed by atoms with Gasteiger partial charge in [0.15, 0.2) is 5.78 Å².